The zero-order valence-corrected chi connectivity index (χ0v) is 20.5. The van der Waals surface area contributed by atoms with Crippen molar-refractivity contribution >= 4 is 34.8 Å². The molecule has 3 aliphatic rings. The van der Waals surface area contributed by atoms with Gasteiger partial charge >= 0.3 is 0 Å². The number of rotatable bonds is 5. The smallest absolute Gasteiger partial charge is 0.253 e. The average Bonchev–Trinajstić information content (AvgIpc) is 2.84. The number of aromatic nitrogens is 1. The number of likely N-dealkylation sites (tertiary alicyclic amines) is 1. The molecule has 36 heavy (non-hydrogen) atoms. The van der Waals surface area contributed by atoms with Crippen LogP contribution in [-0.2, 0) is 16.1 Å². The lowest BCUT2D eigenvalue weighted by atomic mass is 9.78. The fraction of sp³-hybridized carbons (Fsp3) is 0.321. The van der Waals surface area contributed by atoms with Crippen LogP contribution in [0.25, 0.3) is 0 Å². The van der Waals surface area contributed by atoms with E-state index in [1.54, 1.807) is 11.9 Å². The number of ether oxygens (including phenoxy) is 1. The molecule has 1 spiro atoms. The van der Waals surface area contributed by atoms with Crippen LogP contribution in [0.15, 0.2) is 66.7 Å². The Bertz CT molecular complexity index is 1300. The number of fused-ring (bicyclic) bond motifs is 1. The minimum atomic E-state index is -0.331. The van der Waals surface area contributed by atoms with Gasteiger partial charge in [0.2, 0.25) is 5.91 Å². The Hall–Kier alpha value is -3.91. The highest BCUT2D eigenvalue weighted by atomic mass is 16.5. The summed E-state index contributed by atoms with van der Waals surface area (Å²) in [6.07, 6.45) is 0. The van der Waals surface area contributed by atoms with Crippen LogP contribution in [0.2, 0.25) is 0 Å². The van der Waals surface area contributed by atoms with Crippen molar-refractivity contribution in [2.24, 2.45) is 5.41 Å². The van der Waals surface area contributed by atoms with Crippen LogP contribution in [0.4, 0.5) is 23.0 Å². The standard InChI is InChI=1S/C28H29N5O3/c1-19-26(34)31(2)23-12-13-24(30-25(23)33(19)14-20-6-4-3-5-7-20)29-22-10-8-21(9-11-22)27(35)32-15-28(16-32)17-36-18-28/h3-13,19H,14-18H2,1-2H3,(H,29,30)/t19-/m1/s1. The lowest BCUT2D eigenvalue weighted by Crippen LogP contribution is -2.67. The number of nitrogens with zero attached hydrogens (tertiary/aromatic N) is 4. The van der Waals surface area contributed by atoms with Crippen LogP contribution in [0.3, 0.4) is 0 Å². The van der Waals surface area contributed by atoms with E-state index < -0.39 is 0 Å². The number of likely N-dealkylation sites (N-methyl/N-ethyl adjacent to an activating group) is 1. The fourth-order valence-corrected chi connectivity index (χ4v) is 5.20. The molecule has 6 rings (SSSR count). The van der Waals surface area contributed by atoms with Crippen LogP contribution in [0.1, 0.15) is 22.8 Å². The first-order valence-corrected chi connectivity index (χ1v) is 12.3. The Balaban J connectivity index is 1.20. The molecule has 8 heteroatoms. The normalized spacial score (nSPS) is 20.0. The van der Waals surface area contributed by atoms with Crippen molar-refractivity contribution in [2.75, 3.05) is 48.5 Å². The summed E-state index contributed by atoms with van der Waals surface area (Å²) in [5.41, 5.74) is 3.63. The first kappa shape index (κ1) is 22.5. The highest BCUT2D eigenvalue weighted by Crippen LogP contribution is 2.39. The Labute approximate surface area is 210 Å². The van der Waals surface area contributed by atoms with E-state index >= 15 is 0 Å². The molecular formula is C28H29N5O3. The molecule has 184 valence electrons. The molecule has 3 aliphatic heterocycles. The summed E-state index contributed by atoms with van der Waals surface area (Å²) in [6.45, 7) is 5.59. The van der Waals surface area contributed by atoms with Gasteiger partial charge in [0.25, 0.3) is 5.91 Å². The van der Waals surface area contributed by atoms with Gasteiger partial charge in [-0.25, -0.2) is 4.98 Å². The van der Waals surface area contributed by atoms with E-state index in [0.717, 1.165) is 49.1 Å². The van der Waals surface area contributed by atoms with Crippen LogP contribution in [0, 0.1) is 5.41 Å². The molecule has 0 aliphatic carbocycles. The van der Waals surface area contributed by atoms with Gasteiger partial charge < -0.3 is 24.8 Å². The average molecular weight is 484 g/mol. The minimum absolute atomic E-state index is 0.0409. The molecule has 1 N–H and O–H groups in total. The SMILES string of the molecule is C[C@@H]1C(=O)N(C)c2ccc(Nc3ccc(C(=O)N4CC5(COC5)C4)cc3)nc2N1Cc1ccccc1. The highest BCUT2D eigenvalue weighted by molar-refractivity contribution is 6.04. The quantitative estimate of drug-likeness (QED) is 0.597. The molecule has 2 fully saturated rings. The number of carbonyl (C=O) groups excluding carboxylic acids is 2. The number of carbonyl (C=O) groups is 2. The number of nitrogens with one attached hydrogen (secondary N) is 1. The Morgan fingerprint density at radius 1 is 1.06 bits per heavy atom. The predicted molar refractivity (Wildman–Crippen MR) is 139 cm³/mol. The van der Waals surface area contributed by atoms with Gasteiger partial charge in [-0.3, -0.25) is 9.59 Å². The molecule has 0 radical (unpaired) electrons. The number of hydrogen-bond acceptors (Lipinski definition) is 6. The molecular weight excluding hydrogens is 454 g/mol. The lowest BCUT2D eigenvalue weighted by molar-refractivity contribution is -0.176. The second kappa shape index (κ2) is 8.64. The zero-order chi connectivity index (χ0) is 24.9. The number of hydrogen-bond donors (Lipinski definition) is 1. The van der Waals surface area contributed by atoms with E-state index in [1.165, 1.54) is 0 Å². The largest absolute Gasteiger partial charge is 0.380 e. The van der Waals surface area contributed by atoms with Crippen molar-refractivity contribution in [3.8, 4) is 0 Å². The molecule has 1 atom stereocenters. The summed E-state index contributed by atoms with van der Waals surface area (Å²) in [7, 11) is 1.79. The molecule has 2 saturated heterocycles. The first-order chi connectivity index (χ1) is 17.4. The third-order valence-corrected chi connectivity index (χ3v) is 7.40. The molecule has 0 unspecified atom stereocenters. The van der Waals surface area contributed by atoms with Gasteiger partial charge in [0.15, 0.2) is 5.82 Å². The summed E-state index contributed by atoms with van der Waals surface area (Å²) in [5, 5.41) is 3.35. The van der Waals surface area contributed by atoms with Crippen LogP contribution < -0.4 is 15.1 Å². The van der Waals surface area contributed by atoms with E-state index in [9.17, 15) is 9.59 Å². The van der Waals surface area contributed by atoms with Crippen molar-refractivity contribution in [3.05, 3.63) is 77.9 Å². The summed E-state index contributed by atoms with van der Waals surface area (Å²) in [4.78, 5) is 36.2. The summed E-state index contributed by atoms with van der Waals surface area (Å²) < 4.78 is 5.30. The number of amides is 2. The van der Waals surface area contributed by atoms with Gasteiger partial charge in [0, 0.05) is 37.9 Å². The monoisotopic (exact) mass is 483 g/mol. The number of benzene rings is 2. The van der Waals surface area contributed by atoms with Crippen LogP contribution in [0.5, 0.6) is 0 Å². The maximum atomic E-state index is 12.9. The van der Waals surface area contributed by atoms with Crippen molar-refractivity contribution in [1.82, 2.24) is 9.88 Å². The van der Waals surface area contributed by atoms with Crippen molar-refractivity contribution in [3.63, 3.8) is 0 Å². The number of anilines is 4. The summed E-state index contributed by atoms with van der Waals surface area (Å²) >= 11 is 0. The van der Waals surface area contributed by atoms with Gasteiger partial charge in [-0.05, 0) is 48.9 Å². The van der Waals surface area contributed by atoms with Gasteiger partial charge in [0.1, 0.15) is 11.9 Å². The van der Waals surface area contributed by atoms with Crippen LogP contribution in [-0.4, -0.2) is 61.1 Å². The molecule has 0 saturated carbocycles. The molecule has 4 heterocycles. The van der Waals surface area contributed by atoms with Crippen molar-refractivity contribution in [2.45, 2.75) is 19.5 Å². The van der Waals surface area contributed by atoms with E-state index in [2.05, 4.69) is 17.4 Å². The topological polar surface area (TPSA) is 78.0 Å². The maximum absolute atomic E-state index is 12.9. The molecule has 8 nitrogen and oxygen atoms in total. The molecule has 2 aromatic carbocycles. The van der Waals surface area contributed by atoms with Gasteiger partial charge in [-0.2, -0.15) is 0 Å². The molecule has 2 amide bonds. The van der Waals surface area contributed by atoms with E-state index in [1.807, 2.05) is 71.3 Å². The Morgan fingerprint density at radius 3 is 2.44 bits per heavy atom. The molecule has 1 aromatic heterocycles. The third kappa shape index (κ3) is 3.87. The van der Waals surface area contributed by atoms with E-state index in [4.69, 9.17) is 9.72 Å². The molecule has 3 aromatic rings. The highest BCUT2D eigenvalue weighted by Gasteiger charge is 2.50. The minimum Gasteiger partial charge on any atom is -0.380 e. The maximum Gasteiger partial charge on any atom is 0.253 e. The summed E-state index contributed by atoms with van der Waals surface area (Å²) in [5.74, 6) is 1.54. The lowest BCUT2D eigenvalue weighted by Gasteiger charge is -2.54. The van der Waals surface area contributed by atoms with E-state index in [0.29, 0.717) is 17.9 Å². The van der Waals surface area contributed by atoms with Crippen LogP contribution >= 0.6 is 0 Å². The van der Waals surface area contributed by atoms with Gasteiger partial charge in [-0.1, -0.05) is 30.3 Å². The predicted octanol–water partition coefficient (Wildman–Crippen LogP) is 3.67. The van der Waals surface area contributed by atoms with Gasteiger partial charge in [0.05, 0.1) is 24.3 Å². The van der Waals surface area contributed by atoms with Crippen molar-refractivity contribution < 1.29 is 14.3 Å². The summed E-state index contributed by atoms with van der Waals surface area (Å²) in [6, 6.07) is 21.1. The Morgan fingerprint density at radius 2 is 1.78 bits per heavy atom. The first-order valence-electron chi connectivity index (χ1n) is 12.3. The van der Waals surface area contributed by atoms with E-state index in [-0.39, 0.29) is 23.3 Å². The zero-order valence-electron chi connectivity index (χ0n) is 20.5. The second-order valence-electron chi connectivity index (χ2n) is 10.1. The number of pyridine rings is 1. The van der Waals surface area contributed by atoms with Crippen molar-refractivity contribution in [1.29, 1.82) is 0 Å². The third-order valence-electron chi connectivity index (χ3n) is 7.40. The second-order valence-corrected chi connectivity index (χ2v) is 10.1. The fourth-order valence-electron chi connectivity index (χ4n) is 5.20. The Kier molecular flexibility index (Phi) is 5.41. The van der Waals surface area contributed by atoms with Gasteiger partial charge in [-0.15, -0.1) is 0 Å². The molecule has 0 bridgehead atoms.